The smallest absolute Gasteiger partial charge is 0.301 e. The van der Waals surface area contributed by atoms with Crippen LogP contribution in [0, 0.1) is 20.2 Å². The van der Waals surface area contributed by atoms with Crippen LogP contribution in [0.25, 0.3) is 0 Å². The number of hydrazone groups is 1. The fourth-order valence-electron chi connectivity index (χ4n) is 2.93. The standard InChI is InChI=1S/C21H26N4O5/c1-20(2,3)15-9-13(10-16(19(15)26)21(4,5)6)12-22-23-17-8-7-14(24(27)28)11-18(17)25(29)30/h7-12,23,26H,1-6H3/b22-12-. The Morgan fingerprint density at radius 3 is 1.90 bits per heavy atom. The largest absolute Gasteiger partial charge is 0.507 e. The molecule has 0 aliphatic rings. The van der Waals surface area contributed by atoms with E-state index in [1.165, 1.54) is 18.3 Å². The normalized spacial score (nSPS) is 12.2. The SMILES string of the molecule is CC(C)(C)c1cc(/C=N\Nc2ccc([N+](=O)[O-])cc2[N+](=O)[O-])cc(C(C)(C)C)c1O. The first-order valence-corrected chi connectivity index (χ1v) is 9.31. The lowest BCUT2D eigenvalue weighted by Gasteiger charge is -2.27. The number of hydrogen-bond acceptors (Lipinski definition) is 7. The molecule has 0 atom stereocenters. The van der Waals surface area contributed by atoms with Gasteiger partial charge in [0.05, 0.1) is 22.1 Å². The molecular weight excluding hydrogens is 388 g/mol. The lowest BCUT2D eigenvalue weighted by Crippen LogP contribution is -2.18. The Balaban J connectivity index is 2.44. The number of nitrogens with zero attached hydrogens (tertiary/aromatic N) is 3. The van der Waals surface area contributed by atoms with Crippen molar-refractivity contribution in [2.24, 2.45) is 5.10 Å². The molecule has 9 heteroatoms. The van der Waals surface area contributed by atoms with Crippen LogP contribution in [0.4, 0.5) is 17.1 Å². The van der Waals surface area contributed by atoms with Crippen LogP contribution >= 0.6 is 0 Å². The topological polar surface area (TPSA) is 131 Å². The van der Waals surface area contributed by atoms with Crippen molar-refractivity contribution < 1.29 is 15.0 Å². The summed E-state index contributed by atoms with van der Waals surface area (Å²) in [7, 11) is 0. The quantitative estimate of drug-likeness (QED) is 0.390. The van der Waals surface area contributed by atoms with Crippen molar-refractivity contribution in [2.75, 3.05) is 5.43 Å². The second-order valence-electron chi connectivity index (χ2n) is 9.05. The number of rotatable bonds is 5. The molecule has 0 fully saturated rings. The highest BCUT2D eigenvalue weighted by Crippen LogP contribution is 2.39. The summed E-state index contributed by atoms with van der Waals surface area (Å²) in [6.45, 7) is 12.0. The third-order valence-electron chi connectivity index (χ3n) is 4.54. The van der Waals surface area contributed by atoms with Gasteiger partial charge in [-0.25, -0.2) is 0 Å². The zero-order chi connectivity index (χ0) is 22.9. The lowest BCUT2D eigenvalue weighted by molar-refractivity contribution is -0.393. The minimum Gasteiger partial charge on any atom is -0.507 e. The molecule has 0 amide bonds. The molecule has 0 bridgehead atoms. The van der Waals surface area contributed by atoms with Gasteiger partial charge in [-0.2, -0.15) is 5.10 Å². The second-order valence-corrected chi connectivity index (χ2v) is 9.05. The Labute approximate surface area is 174 Å². The van der Waals surface area contributed by atoms with Crippen molar-refractivity contribution in [3.63, 3.8) is 0 Å². The number of benzene rings is 2. The molecule has 0 aliphatic heterocycles. The highest BCUT2D eigenvalue weighted by Gasteiger charge is 2.26. The average Bonchev–Trinajstić information content (AvgIpc) is 2.60. The first-order valence-electron chi connectivity index (χ1n) is 9.31. The molecule has 9 nitrogen and oxygen atoms in total. The molecule has 0 saturated carbocycles. The van der Waals surface area contributed by atoms with Crippen molar-refractivity contribution in [2.45, 2.75) is 52.4 Å². The zero-order valence-electron chi connectivity index (χ0n) is 17.9. The van der Waals surface area contributed by atoms with E-state index < -0.39 is 15.5 Å². The Hall–Kier alpha value is -3.49. The van der Waals surface area contributed by atoms with Crippen LogP contribution in [-0.4, -0.2) is 21.2 Å². The number of nitrogens with one attached hydrogen (secondary N) is 1. The van der Waals surface area contributed by atoms with Gasteiger partial charge in [-0.1, -0.05) is 41.5 Å². The molecule has 30 heavy (non-hydrogen) atoms. The molecule has 0 unspecified atom stereocenters. The van der Waals surface area contributed by atoms with Crippen LogP contribution < -0.4 is 5.43 Å². The van der Waals surface area contributed by atoms with E-state index in [-0.39, 0.29) is 28.0 Å². The first-order chi connectivity index (χ1) is 13.7. The number of hydrogen-bond donors (Lipinski definition) is 2. The molecule has 2 N–H and O–H groups in total. The molecular formula is C21H26N4O5. The second kappa shape index (κ2) is 8.10. The maximum Gasteiger partial charge on any atom is 0.301 e. The molecule has 0 aromatic heterocycles. The van der Waals surface area contributed by atoms with Crippen molar-refractivity contribution in [3.8, 4) is 5.75 Å². The lowest BCUT2D eigenvalue weighted by atomic mass is 9.78. The minimum atomic E-state index is -0.708. The van der Waals surface area contributed by atoms with Gasteiger partial charge in [-0.3, -0.25) is 25.7 Å². The molecule has 0 radical (unpaired) electrons. The molecule has 2 rings (SSSR count). The van der Waals surface area contributed by atoms with Gasteiger partial charge in [0.1, 0.15) is 11.4 Å². The Kier molecular flexibility index (Phi) is 6.15. The summed E-state index contributed by atoms with van der Waals surface area (Å²) in [5, 5.41) is 36.9. The molecule has 0 saturated heterocycles. The zero-order valence-corrected chi connectivity index (χ0v) is 17.9. The third-order valence-corrected chi connectivity index (χ3v) is 4.54. The summed E-state index contributed by atoms with van der Waals surface area (Å²) < 4.78 is 0. The van der Waals surface area contributed by atoms with E-state index in [4.69, 9.17) is 0 Å². The van der Waals surface area contributed by atoms with Gasteiger partial charge in [0.25, 0.3) is 5.69 Å². The van der Waals surface area contributed by atoms with Crippen LogP contribution in [0.15, 0.2) is 35.4 Å². The van der Waals surface area contributed by atoms with Crippen LogP contribution in [-0.2, 0) is 10.8 Å². The van der Waals surface area contributed by atoms with E-state index in [1.807, 2.05) is 53.7 Å². The number of non-ortho nitro benzene ring substituents is 1. The molecule has 0 heterocycles. The predicted molar refractivity (Wildman–Crippen MR) is 116 cm³/mol. The van der Waals surface area contributed by atoms with Crippen molar-refractivity contribution in [3.05, 3.63) is 67.3 Å². The molecule has 0 spiro atoms. The highest BCUT2D eigenvalue weighted by molar-refractivity contribution is 5.82. The Morgan fingerprint density at radius 1 is 0.933 bits per heavy atom. The van der Waals surface area contributed by atoms with E-state index in [2.05, 4.69) is 10.5 Å². The van der Waals surface area contributed by atoms with Crippen LogP contribution in [0.5, 0.6) is 5.75 Å². The van der Waals surface area contributed by atoms with E-state index >= 15 is 0 Å². The number of phenols is 1. The number of nitro benzene ring substituents is 2. The van der Waals surface area contributed by atoms with Gasteiger partial charge in [0.2, 0.25) is 0 Å². The average molecular weight is 414 g/mol. The van der Waals surface area contributed by atoms with Gasteiger partial charge >= 0.3 is 5.69 Å². The maximum atomic E-state index is 11.2. The Bertz CT molecular complexity index is 982. The number of anilines is 1. The maximum absolute atomic E-state index is 11.2. The van der Waals surface area contributed by atoms with Gasteiger partial charge in [-0.15, -0.1) is 0 Å². The van der Waals surface area contributed by atoms with Crippen LogP contribution in [0.3, 0.4) is 0 Å². The molecule has 2 aromatic rings. The van der Waals surface area contributed by atoms with Crippen LogP contribution in [0.1, 0.15) is 58.2 Å². The number of nitro groups is 2. The summed E-state index contributed by atoms with van der Waals surface area (Å²) in [4.78, 5) is 20.7. The van der Waals surface area contributed by atoms with Gasteiger partial charge in [-0.05, 0) is 34.6 Å². The number of aromatic hydroxyl groups is 1. The molecule has 0 aliphatic carbocycles. The minimum absolute atomic E-state index is 0.0349. The van der Waals surface area contributed by atoms with Crippen molar-refractivity contribution >= 4 is 23.3 Å². The fourth-order valence-corrected chi connectivity index (χ4v) is 2.93. The molecule has 160 valence electrons. The summed E-state index contributed by atoms with van der Waals surface area (Å²) in [6, 6.07) is 6.93. The van der Waals surface area contributed by atoms with Gasteiger partial charge < -0.3 is 5.11 Å². The van der Waals surface area contributed by atoms with Crippen LogP contribution in [0.2, 0.25) is 0 Å². The first kappa shape index (κ1) is 22.8. The number of phenolic OH excluding ortho intramolecular Hbond substituents is 1. The summed E-state index contributed by atoms with van der Waals surface area (Å²) in [5.41, 5.74) is 3.41. The summed E-state index contributed by atoms with van der Waals surface area (Å²) >= 11 is 0. The summed E-state index contributed by atoms with van der Waals surface area (Å²) in [6.07, 6.45) is 1.50. The van der Waals surface area contributed by atoms with E-state index in [0.717, 1.165) is 17.2 Å². The third kappa shape index (κ3) is 5.11. The predicted octanol–water partition coefficient (Wildman–Crippen LogP) is 5.25. The van der Waals surface area contributed by atoms with E-state index in [9.17, 15) is 25.3 Å². The van der Waals surface area contributed by atoms with Crippen molar-refractivity contribution in [1.82, 2.24) is 0 Å². The molecule has 2 aromatic carbocycles. The van der Waals surface area contributed by atoms with E-state index in [1.54, 1.807) is 0 Å². The monoisotopic (exact) mass is 414 g/mol. The Morgan fingerprint density at radius 2 is 1.47 bits per heavy atom. The van der Waals surface area contributed by atoms with E-state index in [0.29, 0.717) is 5.56 Å². The fraction of sp³-hybridized carbons (Fsp3) is 0.381. The highest BCUT2D eigenvalue weighted by atomic mass is 16.6. The summed E-state index contributed by atoms with van der Waals surface area (Å²) in [5.74, 6) is 0.242. The van der Waals surface area contributed by atoms with Crippen molar-refractivity contribution in [1.29, 1.82) is 0 Å². The van der Waals surface area contributed by atoms with Gasteiger partial charge in [0, 0.05) is 17.2 Å². The van der Waals surface area contributed by atoms with Gasteiger partial charge in [0.15, 0.2) is 0 Å².